The van der Waals surface area contributed by atoms with Gasteiger partial charge < -0.3 is 9.64 Å². The molecule has 1 aliphatic heterocycles. The van der Waals surface area contributed by atoms with Crippen LogP contribution in [0.4, 0.5) is 0 Å². The Balaban J connectivity index is 1.77. The SMILES string of the molecule is CCCCCOc1ccc(C(=O)CCC(=O)N2CCCCC2C)cc1. The molecule has 25 heavy (non-hydrogen) atoms. The minimum Gasteiger partial charge on any atom is -0.494 e. The van der Waals surface area contributed by atoms with Gasteiger partial charge in [-0.3, -0.25) is 9.59 Å². The van der Waals surface area contributed by atoms with Crippen molar-refractivity contribution in [1.29, 1.82) is 0 Å². The molecule has 1 saturated heterocycles. The molecule has 0 radical (unpaired) electrons. The Hall–Kier alpha value is -1.84. The van der Waals surface area contributed by atoms with Crippen LogP contribution in [0.1, 0.15) is 75.6 Å². The molecule has 1 fully saturated rings. The van der Waals surface area contributed by atoms with Gasteiger partial charge in [0.25, 0.3) is 0 Å². The summed E-state index contributed by atoms with van der Waals surface area (Å²) in [4.78, 5) is 26.6. The molecule has 0 saturated carbocycles. The maximum atomic E-state index is 12.3. The summed E-state index contributed by atoms with van der Waals surface area (Å²) in [5, 5.41) is 0. The van der Waals surface area contributed by atoms with Gasteiger partial charge in [-0.25, -0.2) is 0 Å². The number of amides is 1. The molecule has 1 atom stereocenters. The van der Waals surface area contributed by atoms with Crippen molar-refractivity contribution in [1.82, 2.24) is 4.90 Å². The van der Waals surface area contributed by atoms with Gasteiger partial charge in [-0.1, -0.05) is 19.8 Å². The van der Waals surface area contributed by atoms with Crippen LogP contribution >= 0.6 is 0 Å². The Kier molecular flexibility index (Phi) is 7.96. The van der Waals surface area contributed by atoms with Crippen LogP contribution in [0.25, 0.3) is 0 Å². The van der Waals surface area contributed by atoms with Gasteiger partial charge >= 0.3 is 0 Å². The first-order valence-corrected chi connectivity index (χ1v) is 9.67. The number of Topliss-reactive ketones (excluding diaryl/α,β-unsaturated/α-hetero) is 1. The summed E-state index contributed by atoms with van der Waals surface area (Å²) in [6.07, 6.45) is 7.30. The smallest absolute Gasteiger partial charge is 0.223 e. The standard InChI is InChI=1S/C21H31NO3/c1-3-4-7-16-25-19-11-9-18(10-12-19)20(23)13-14-21(24)22-15-6-5-8-17(22)2/h9-12,17H,3-8,13-16H2,1-2H3. The van der Waals surface area contributed by atoms with Crippen molar-refractivity contribution in [2.24, 2.45) is 0 Å². The highest BCUT2D eigenvalue weighted by Gasteiger charge is 2.23. The highest BCUT2D eigenvalue weighted by atomic mass is 16.5. The van der Waals surface area contributed by atoms with Gasteiger partial charge in [0, 0.05) is 31.0 Å². The van der Waals surface area contributed by atoms with E-state index in [2.05, 4.69) is 13.8 Å². The molecular weight excluding hydrogens is 314 g/mol. The molecule has 138 valence electrons. The summed E-state index contributed by atoms with van der Waals surface area (Å²) in [5.41, 5.74) is 0.653. The fourth-order valence-electron chi connectivity index (χ4n) is 3.26. The van der Waals surface area contributed by atoms with E-state index in [-0.39, 0.29) is 18.1 Å². The van der Waals surface area contributed by atoms with Crippen LogP contribution in [-0.2, 0) is 4.79 Å². The number of ketones is 1. The second-order valence-electron chi connectivity index (χ2n) is 6.94. The van der Waals surface area contributed by atoms with Crippen LogP contribution in [0.5, 0.6) is 5.75 Å². The van der Waals surface area contributed by atoms with E-state index in [1.807, 2.05) is 17.0 Å². The van der Waals surface area contributed by atoms with Crippen molar-refractivity contribution in [2.45, 2.75) is 71.3 Å². The second kappa shape index (κ2) is 10.2. The third-order valence-corrected chi connectivity index (χ3v) is 4.88. The average molecular weight is 345 g/mol. The third-order valence-electron chi connectivity index (χ3n) is 4.88. The molecule has 1 aromatic rings. The molecule has 0 bridgehead atoms. The van der Waals surface area contributed by atoms with Gasteiger partial charge in [-0.15, -0.1) is 0 Å². The fourth-order valence-corrected chi connectivity index (χ4v) is 3.26. The number of likely N-dealkylation sites (tertiary alicyclic amines) is 1. The number of nitrogens with zero attached hydrogens (tertiary/aromatic N) is 1. The van der Waals surface area contributed by atoms with Crippen molar-refractivity contribution in [3.05, 3.63) is 29.8 Å². The third kappa shape index (κ3) is 6.18. The second-order valence-corrected chi connectivity index (χ2v) is 6.94. The molecule has 4 heteroatoms. The minimum absolute atomic E-state index is 0.0237. The highest BCUT2D eigenvalue weighted by molar-refractivity contribution is 5.98. The number of hydrogen-bond acceptors (Lipinski definition) is 3. The van der Waals surface area contributed by atoms with Gasteiger partial charge in [-0.05, 0) is 56.9 Å². The number of hydrogen-bond donors (Lipinski definition) is 0. The van der Waals surface area contributed by atoms with Crippen molar-refractivity contribution < 1.29 is 14.3 Å². The maximum absolute atomic E-state index is 12.3. The van der Waals surface area contributed by atoms with Crippen LogP contribution in [0.3, 0.4) is 0 Å². The van der Waals surface area contributed by atoms with E-state index in [1.165, 1.54) is 19.3 Å². The van der Waals surface area contributed by atoms with Crippen LogP contribution in [0.2, 0.25) is 0 Å². The Bertz CT molecular complexity index is 553. The van der Waals surface area contributed by atoms with Gasteiger partial charge in [0.05, 0.1) is 6.61 Å². The van der Waals surface area contributed by atoms with E-state index in [9.17, 15) is 9.59 Å². The fraction of sp³-hybridized carbons (Fsp3) is 0.619. The Morgan fingerprint density at radius 1 is 1.12 bits per heavy atom. The lowest BCUT2D eigenvalue weighted by Crippen LogP contribution is -2.42. The number of piperidine rings is 1. The molecule has 1 aliphatic rings. The van der Waals surface area contributed by atoms with Crippen molar-refractivity contribution in [3.63, 3.8) is 0 Å². The Morgan fingerprint density at radius 3 is 2.56 bits per heavy atom. The summed E-state index contributed by atoms with van der Waals surface area (Å²) in [5.74, 6) is 0.929. The van der Waals surface area contributed by atoms with Crippen LogP contribution in [0.15, 0.2) is 24.3 Å². The molecule has 0 aromatic heterocycles. The molecule has 2 rings (SSSR count). The minimum atomic E-state index is 0.0237. The number of unbranched alkanes of at least 4 members (excludes halogenated alkanes) is 2. The summed E-state index contributed by atoms with van der Waals surface area (Å²) in [7, 11) is 0. The zero-order valence-corrected chi connectivity index (χ0v) is 15.6. The number of carbonyl (C=O) groups is 2. The quantitative estimate of drug-likeness (QED) is 0.485. The van der Waals surface area contributed by atoms with E-state index in [4.69, 9.17) is 4.74 Å². The first-order chi connectivity index (χ1) is 12.1. The van der Waals surface area contributed by atoms with Gasteiger partial charge in [0.2, 0.25) is 5.91 Å². The van der Waals surface area contributed by atoms with E-state index in [0.717, 1.165) is 31.6 Å². The summed E-state index contributed by atoms with van der Waals surface area (Å²) in [6, 6.07) is 7.58. The molecule has 0 aliphatic carbocycles. The first kappa shape index (κ1) is 19.5. The molecule has 1 heterocycles. The normalized spacial score (nSPS) is 17.4. The molecule has 1 aromatic carbocycles. The van der Waals surface area contributed by atoms with E-state index in [0.29, 0.717) is 24.6 Å². The monoisotopic (exact) mass is 345 g/mol. The number of ether oxygens (including phenoxy) is 1. The number of carbonyl (C=O) groups excluding carboxylic acids is 2. The van der Waals surface area contributed by atoms with Crippen molar-refractivity contribution in [2.75, 3.05) is 13.2 Å². The van der Waals surface area contributed by atoms with Gasteiger partial charge in [-0.2, -0.15) is 0 Å². The van der Waals surface area contributed by atoms with E-state index in [1.54, 1.807) is 12.1 Å². The average Bonchev–Trinajstić information content (AvgIpc) is 2.64. The lowest BCUT2D eigenvalue weighted by molar-refractivity contribution is -0.134. The van der Waals surface area contributed by atoms with E-state index >= 15 is 0 Å². The van der Waals surface area contributed by atoms with Crippen LogP contribution in [-0.4, -0.2) is 35.8 Å². The summed E-state index contributed by atoms with van der Waals surface area (Å²) < 4.78 is 5.66. The zero-order chi connectivity index (χ0) is 18.1. The van der Waals surface area contributed by atoms with Crippen LogP contribution in [0, 0.1) is 0 Å². The van der Waals surface area contributed by atoms with Gasteiger partial charge in [0.1, 0.15) is 5.75 Å². The summed E-state index contributed by atoms with van der Waals surface area (Å²) >= 11 is 0. The number of rotatable bonds is 9. The topological polar surface area (TPSA) is 46.6 Å². The first-order valence-electron chi connectivity index (χ1n) is 9.67. The molecule has 0 N–H and O–H groups in total. The lowest BCUT2D eigenvalue weighted by atomic mass is 10.0. The van der Waals surface area contributed by atoms with Crippen molar-refractivity contribution in [3.8, 4) is 5.75 Å². The lowest BCUT2D eigenvalue weighted by Gasteiger charge is -2.33. The molecule has 1 unspecified atom stereocenters. The maximum Gasteiger partial charge on any atom is 0.223 e. The van der Waals surface area contributed by atoms with Gasteiger partial charge in [0.15, 0.2) is 5.78 Å². The van der Waals surface area contributed by atoms with Crippen LogP contribution < -0.4 is 4.74 Å². The Morgan fingerprint density at radius 2 is 1.88 bits per heavy atom. The molecule has 4 nitrogen and oxygen atoms in total. The molecular formula is C21H31NO3. The zero-order valence-electron chi connectivity index (χ0n) is 15.6. The largest absolute Gasteiger partial charge is 0.494 e. The van der Waals surface area contributed by atoms with Crippen molar-refractivity contribution >= 4 is 11.7 Å². The predicted octanol–water partition coefficient (Wildman–Crippen LogP) is 4.62. The molecule has 1 amide bonds. The number of benzene rings is 1. The molecule has 0 spiro atoms. The Labute approximate surface area is 151 Å². The highest BCUT2D eigenvalue weighted by Crippen LogP contribution is 2.19. The van der Waals surface area contributed by atoms with E-state index < -0.39 is 0 Å². The summed E-state index contributed by atoms with van der Waals surface area (Å²) in [6.45, 7) is 5.80. The predicted molar refractivity (Wildman–Crippen MR) is 100 cm³/mol.